The summed E-state index contributed by atoms with van der Waals surface area (Å²) in [5.41, 5.74) is 0.253. The number of sulfonamides is 1. The average molecular weight is 325 g/mol. The van der Waals surface area contributed by atoms with E-state index in [9.17, 15) is 18.5 Å². The molecule has 1 saturated heterocycles. The first-order chi connectivity index (χ1) is 10.4. The topological polar surface area (TPSA) is 107 Å². The summed E-state index contributed by atoms with van der Waals surface area (Å²) in [5.74, 6) is 1.09. The summed E-state index contributed by atoms with van der Waals surface area (Å²) in [5, 5.41) is 16.3. The molecule has 0 spiro atoms. The lowest BCUT2D eigenvalue weighted by atomic mass is 9.82. The van der Waals surface area contributed by atoms with Gasteiger partial charge < -0.3 is 4.90 Å². The molecule has 2 aliphatic rings. The molecule has 120 valence electrons. The van der Waals surface area contributed by atoms with Crippen molar-refractivity contribution < 1.29 is 13.3 Å². The molecular formula is C14H19N3O4S. The van der Waals surface area contributed by atoms with Gasteiger partial charge in [0.1, 0.15) is 4.90 Å². The van der Waals surface area contributed by atoms with Gasteiger partial charge in [-0.3, -0.25) is 10.1 Å². The largest absolute Gasteiger partial charge is 0.370 e. The van der Waals surface area contributed by atoms with Gasteiger partial charge in [0.15, 0.2) is 0 Å². The van der Waals surface area contributed by atoms with Gasteiger partial charge >= 0.3 is 0 Å². The van der Waals surface area contributed by atoms with Gasteiger partial charge in [0.25, 0.3) is 5.69 Å². The first kappa shape index (κ1) is 15.2. The van der Waals surface area contributed by atoms with E-state index in [1.165, 1.54) is 31.0 Å². The van der Waals surface area contributed by atoms with Gasteiger partial charge in [0.05, 0.1) is 10.6 Å². The summed E-state index contributed by atoms with van der Waals surface area (Å²) in [6, 6.07) is 3.76. The van der Waals surface area contributed by atoms with E-state index in [0.717, 1.165) is 25.9 Å². The van der Waals surface area contributed by atoms with Gasteiger partial charge in [-0.15, -0.1) is 0 Å². The first-order valence-corrected chi connectivity index (χ1v) is 8.97. The zero-order chi connectivity index (χ0) is 15.9. The summed E-state index contributed by atoms with van der Waals surface area (Å²) in [6.45, 7) is 1.49. The number of benzene rings is 1. The van der Waals surface area contributed by atoms with Crippen LogP contribution in [0.5, 0.6) is 0 Å². The Bertz CT molecular complexity index is 690. The molecule has 0 amide bonds. The van der Waals surface area contributed by atoms with E-state index in [1.54, 1.807) is 0 Å². The van der Waals surface area contributed by atoms with Crippen LogP contribution in [0.1, 0.15) is 25.7 Å². The zero-order valence-corrected chi connectivity index (χ0v) is 13.0. The fraction of sp³-hybridized carbons (Fsp3) is 0.571. The molecule has 0 radical (unpaired) electrons. The molecule has 1 saturated carbocycles. The predicted molar refractivity (Wildman–Crippen MR) is 82.1 cm³/mol. The van der Waals surface area contributed by atoms with Crippen LogP contribution >= 0.6 is 0 Å². The lowest BCUT2D eigenvalue weighted by Crippen LogP contribution is -2.24. The van der Waals surface area contributed by atoms with Crippen LogP contribution in [0.2, 0.25) is 0 Å². The molecule has 1 aliphatic carbocycles. The van der Waals surface area contributed by atoms with Gasteiger partial charge in [-0.05, 0) is 30.7 Å². The second-order valence-electron chi connectivity index (χ2n) is 6.16. The van der Waals surface area contributed by atoms with Crippen LogP contribution in [0.15, 0.2) is 23.1 Å². The maximum Gasteiger partial charge on any atom is 0.271 e. The van der Waals surface area contributed by atoms with Crippen molar-refractivity contribution in [1.29, 1.82) is 0 Å². The average Bonchev–Trinajstić information content (AvgIpc) is 2.89. The summed E-state index contributed by atoms with van der Waals surface area (Å²) in [7, 11) is -3.91. The summed E-state index contributed by atoms with van der Waals surface area (Å²) >= 11 is 0. The molecule has 1 aromatic carbocycles. The molecular weight excluding hydrogens is 306 g/mol. The van der Waals surface area contributed by atoms with Gasteiger partial charge in [0.2, 0.25) is 10.0 Å². The van der Waals surface area contributed by atoms with E-state index >= 15 is 0 Å². The second-order valence-corrected chi connectivity index (χ2v) is 7.69. The monoisotopic (exact) mass is 325 g/mol. The van der Waals surface area contributed by atoms with Crippen molar-refractivity contribution in [3.8, 4) is 0 Å². The Labute approximate surface area is 129 Å². The van der Waals surface area contributed by atoms with Crippen molar-refractivity contribution in [3.63, 3.8) is 0 Å². The Morgan fingerprint density at radius 1 is 1.18 bits per heavy atom. The highest BCUT2D eigenvalue weighted by atomic mass is 32.2. The van der Waals surface area contributed by atoms with E-state index < -0.39 is 14.9 Å². The van der Waals surface area contributed by atoms with Gasteiger partial charge in [-0.25, -0.2) is 13.6 Å². The Morgan fingerprint density at radius 3 is 2.27 bits per heavy atom. The molecule has 3 rings (SSSR count). The number of non-ortho nitro benzene ring substituents is 1. The molecule has 0 bridgehead atoms. The molecule has 2 N–H and O–H groups in total. The lowest BCUT2D eigenvalue weighted by Gasteiger charge is -2.22. The van der Waals surface area contributed by atoms with Crippen molar-refractivity contribution in [2.24, 2.45) is 17.0 Å². The van der Waals surface area contributed by atoms with E-state index in [4.69, 9.17) is 5.14 Å². The number of nitro groups is 1. The third-order valence-electron chi connectivity index (χ3n) is 4.78. The number of nitro benzene ring substituents is 1. The standard InChI is InChI=1S/C14H19N3O4S/c15-22(20,21)14-6-5-12(17(18)19)7-13(14)16-8-10-3-1-2-4-11(10)9-16/h5-7,10-11H,1-4,8-9H2,(H2,15,20,21)/t10-,11+. The minimum Gasteiger partial charge on any atom is -0.370 e. The quantitative estimate of drug-likeness (QED) is 0.674. The Morgan fingerprint density at radius 2 is 1.77 bits per heavy atom. The number of rotatable bonds is 3. The Balaban J connectivity index is 2.00. The summed E-state index contributed by atoms with van der Waals surface area (Å²) < 4.78 is 23.6. The minimum absolute atomic E-state index is 0.0308. The van der Waals surface area contributed by atoms with E-state index in [1.807, 2.05) is 4.90 Å². The van der Waals surface area contributed by atoms with Crippen LogP contribution < -0.4 is 10.0 Å². The maximum absolute atomic E-state index is 11.8. The molecule has 7 nitrogen and oxygen atoms in total. The summed E-state index contributed by atoms with van der Waals surface area (Å²) in [4.78, 5) is 12.4. The zero-order valence-electron chi connectivity index (χ0n) is 12.1. The number of fused-ring (bicyclic) bond motifs is 1. The number of nitrogens with two attached hydrogens (primary N) is 1. The smallest absolute Gasteiger partial charge is 0.271 e. The first-order valence-electron chi connectivity index (χ1n) is 7.42. The highest BCUT2D eigenvalue weighted by Gasteiger charge is 2.36. The third kappa shape index (κ3) is 2.80. The molecule has 0 unspecified atom stereocenters. The van der Waals surface area contributed by atoms with Crippen LogP contribution in [0.25, 0.3) is 0 Å². The normalized spacial score (nSPS) is 25.0. The van der Waals surface area contributed by atoms with E-state index in [2.05, 4.69) is 0 Å². The van der Waals surface area contributed by atoms with E-state index in [0.29, 0.717) is 17.5 Å². The van der Waals surface area contributed by atoms with Crippen molar-refractivity contribution in [2.45, 2.75) is 30.6 Å². The highest BCUT2D eigenvalue weighted by molar-refractivity contribution is 7.89. The fourth-order valence-corrected chi connectivity index (χ4v) is 4.45. The molecule has 1 aliphatic heterocycles. The Kier molecular flexibility index (Phi) is 3.82. The molecule has 2 atom stereocenters. The molecule has 1 heterocycles. The van der Waals surface area contributed by atoms with Crippen molar-refractivity contribution in [3.05, 3.63) is 28.3 Å². The minimum atomic E-state index is -3.91. The Hall–Kier alpha value is -1.67. The van der Waals surface area contributed by atoms with Crippen LogP contribution in [0.4, 0.5) is 11.4 Å². The number of primary sulfonamides is 1. The third-order valence-corrected chi connectivity index (χ3v) is 5.74. The molecule has 0 aromatic heterocycles. The number of hydrogen-bond acceptors (Lipinski definition) is 5. The number of hydrogen-bond donors (Lipinski definition) is 1. The van der Waals surface area contributed by atoms with Crippen molar-refractivity contribution in [2.75, 3.05) is 18.0 Å². The van der Waals surface area contributed by atoms with Crippen LogP contribution in [-0.2, 0) is 10.0 Å². The fourth-order valence-electron chi connectivity index (χ4n) is 3.71. The van der Waals surface area contributed by atoms with Crippen molar-refractivity contribution >= 4 is 21.4 Å². The maximum atomic E-state index is 11.8. The van der Waals surface area contributed by atoms with Gasteiger partial charge in [0, 0.05) is 25.2 Å². The molecule has 1 aromatic rings. The number of nitrogens with zero attached hydrogens (tertiary/aromatic N) is 2. The predicted octanol–water partition coefficient (Wildman–Crippen LogP) is 1.87. The highest BCUT2D eigenvalue weighted by Crippen LogP contribution is 2.40. The van der Waals surface area contributed by atoms with Crippen molar-refractivity contribution in [1.82, 2.24) is 0 Å². The molecule has 2 fully saturated rings. The molecule has 22 heavy (non-hydrogen) atoms. The SMILES string of the molecule is NS(=O)(=O)c1ccc([N+](=O)[O-])cc1N1C[C@H]2CCCC[C@H]2C1. The van der Waals surface area contributed by atoms with Crippen LogP contribution in [-0.4, -0.2) is 26.4 Å². The molecule has 8 heteroatoms. The van der Waals surface area contributed by atoms with Crippen LogP contribution in [0, 0.1) is 22.0 Å². The summed E-state index contributed by atoms with van der Waals surface area (Å²) in [6.07, 6.45) is 4.68. The van der Waals surface area contributed by atoms with Gasteiger partial charge in [-0.1, -0.05) is 12.8 Å². The number of anilines is 1. The second kappa shape index (κ2) is 5.51. The lowest BCUT2D eigenvalue weighted by molar-refractivity contribution is -0.384. The van der Waals surface area contributed by atoms with Gasteiger partial charge in [-0.2, -0.15) is 0 Å². The van der Waals surface area contributed by atoms with Crippen LogP contribution in [0.3, 0.4) is 0 Å². The van der Waals surface area contributed by atoms with E-state index in [-0.39, 0.29) is 10.6 Å².